The fourth-order valence-corrected chi connectivity index (χ4v) is 1.13. The van der Waals surface area contributed by atoms with E-state index >= 15 is 0 Å². The number of alkyl halides is 3. The lowest BCUT2D eigenvalue weighted by Crippen LogP contribution is -2.19. The average molecular weight is 221 g/mol. The van der Waals surface area contributed by atoms with Gasteiger partial charge < -0.3 is 16.2 Å². The standard InChI is InChI=1S/C8H10F3N3O/c1-4-5(2-12)6(13)3-14-7(4)15-8(9,10)11/h3H,2,12-13H2,1H3. The van der Waals surface area contributed by atoms with Gasteiger partial charge in [-0.2, -0.15) is 0 Å². The van der Waals surface area contributed by atoms with Gasteiger partial charge in [-0.25, -0.2) is 4.98 Å². The second kappa shape index (κ2) is 3.93. The van der Waals surface area contributed by atoms with Crippen LogP contribution in [0.5, 0.6) is 5.88 Å². The Balaban J connectivity index is 3.11. The minimum atomic E-state index is -4.76. The number of aromatic nitrogens is 1. The van der Waals surface area contributed by atoms with Crippen molar-refractivity contribution in [3.05, 3.63) is 17.3 Å². The van der Waals surface area contributed by atoms with Gasteiger partial charge in [-0.05, 0) is 12.5 Å². The molecule has 15 heavy (non-hydrogen) atoms. The van der Waals surface area contributed by atoms with E-state index in [0.717, 1.165) is 6.20 Å². The van der Waals surface area contributed by atoms with Gasteiger partial charge in [0.05, 0.1) is 11.9 Å². The largest absolute Gasteiger partial charge is 0.574 e. The summed E-state index contributed by atoms with van der Waals surface area (Å²) < 4.78 is 39.5. The van der Waals surface area contributed by atoms with Gasteiger partial charge >= 0.3 is 6.36 Å². The maximum atomic E-state index is 11.9. The zero-order chi connectivity index (χ0) is 11.6. The predicted octanol–water partition coefficient (Wildman–Crippen LogP) is 1.33. The Morgan fingerprint density at radius 1 is 1.47 bits per heavy atom. The third-order valence-electron chi connectivity index (χ3n) is 1.86. The molecule has 0 aliphatic rings. The Hall–Kier alpha value is -1.50. The highest BCUT2D eigenvalue weighted by Gasteiger charge is 2.32. The molecule has 0 unspecified atom stereocenters. The summed E-state index contributed by atoms with van der Waals surface area (Å²) in [6.07, 6.45) is -3.67. The van der Waals surface area contributed by atoms with Crippen LogP contribution in [0.2, 0.25) is 0 Å². The first-order valence-electron chi connectivity index (χ1n) is 4.05. The molecule has 0 saturated carbocycles. The molecule has 0 aliphatic carbocycles. The lowest BCUT2D eigenvalue weighted by atomic mass is 10.1. The van der Waals surface area contributed by atoms with Gasteiger partial charge in [0.15, 0.2) is 0 Å². The number of nitrogen functional groups attached to an aromatic ring is 1. The molecule has 1 heterocycles. The summed E-state index contributed by atoms with van der Waals surface area (Å²) in [5, 5.41) is 0. The van der Waals surface area contributed by atoms with Gasteiger partial charge in [0.1, 0.15) is 0 Å². The number of hydrogen-bond donors (Lipinski definition) is 2. The average Bonchev–Trinajstić information content (AvgIpc) is 2.09. The molecule has 1 aromatic heterocycles. The number of hydrogen-bond acceptors (Lipinski definition) is 4. The third-order valence-corrected chi connectivity index (χ3v) is 1.86. The van der Waals surface area contributed by atoms with Crippen LogP contribution < -0.4 is 16.2 Å². The molecular weight excluding hydrogens is 211 g/mol. The molecule has 0 amide bonds. The van der Waals surface area contributed by atoms with Crippen LogP contribution in [0.1, 0.15) is 11.1 Å². The van der Waals surface area contributed by atoms with Crippen molar-refractivity contribution in [2.45, 2.75) is 19.8 Å². The van der Waals surface area contributed by atoms with E-state index in [4.69, 9.17) is 11.5 Å². The van der Waals surface area contributed by atoms with E-state index < -0.39 is 12.2 Å². The van der Waals surface area contributed by atoms with Gasteiger partial charge in [-0.3, -0.25) is 0 Å². The minimum absolute atomic E-state index is 0.0361. The van der Waals surface area contributed by atoms with Crippen molar-refractivity contribution in [1.29, 1.82) is 0 Å². The van der Waals surface area contributed by atoms with E-state index in [1.807, 2.05) is 0 Å². The summed E-state index contributed by atoms with van der Waals surface area (Å²) >= 11 is 0. The van der Waals surface area contributed by atoms with E-state index in [0.29, 0.717) is 5.56 Å². The zero-order valence-corrected chi connectivity index (χ0v) is 7.93. The Labute approximate surface area is 84.0 Å². The molecule has 4 nitrogen and oxygen atoms in total. The molecule has 0 saturated heterocycles. The normalized spacial score (nSPS) is 11.5. The second-order valence-electron chi connectivity index (χ2n) is 2.87. The van der Waals surface area contributed by atoms with Crippen LogP contribution in [0.15, 0.2) is 6.20 Å². The van der Waals surface area contributed by atoms with Gasteiger partial charge in [-0.1, -0.05) is 0 Å². The Morgan fingerprint density at radius 2 is 2.07 bits per heavy atom. The van der Waals surface area contributed by atoms with Crippen LogP contribution in [-0.4, -0.2) is 11.3 Å². The minimum Gasteiger partial charge on any atom is -0.397 e. The van der Waals surface area contributed by atoms with Crippen LogP contribution in [0.4, 0.5) is 18.9 Å². The maximum absolute atomic E-state index is 11.9. The van der Waals surface area contributed by atoms with Crippen molar-refractivity contribution < 1.29 is 17.9 Å². The molecule has 0 radical (unpaired) electrons. The SMILES string of the molecule is Cc1c(OC(F)(F)F)ncc(N)c1CN. The topological polar surface area (TPSA) is 74.2 Å². The highest BCUT2D eigenvalue weighted by atomic mass is 19.4. The molecule has 84 valence electrons. The van der Waals surface area contributed by atoms with Crippen molar-refractivity contribution in [2.75, 3.05) is 5.73 Å². The summed E-state index contributed by atoms with van der Waals surface area (Å²) in [6, 6.07) is 0. The quantitative estimate of drug-likeness (QED) is 0.790. The molecule has 0 aliphatic heterocycles. The zero-order valence-electron chi connectivity index (χ0n) is 7.93. The second-order valence-corrected chi connectivity index (χ2v) is 2.87. The molecule has 1 aromatic rings. The smallest absolute Gasteiger partial charge is 0.397 e. The highest BCUT2D eigenvalue weighted by molar-refractivity contribution is 5.51. The number of ether oxygens (including phenoxy) is 1. The van der Waals surface area contributed by atoms with Crippen LogP contribution in [0.25, 0.3) is 0 Å². The summed E-state index contributed by atoms with van der Waals surface area (Å²) in [5.74, 6) is -0.517. The molecule has 7 heteroatoms. The molecule has 0 spiro atoms. The molecule has 4 N–H and O–H groups in total. The van der Waals surface area contributed by atoms with Crippen LogP contribution in [-0.2, 0) is 6.54 Å². The highest BCUT2D eigenvalue weighted by Crippen LogP contribution is 2.28. The van der Waals surface area contributed by atoms with E-state index in [-0.39, 0.29) is 17.8 Å². The first kappa shape index (κ1) is 11.6. The number of halogens is 3. The fraction of sp³-hybridized carbons (Fsp3) is 0.375. The fourth-order valence-electron chi connectivity index (χ4n) is 1.13. The van der Waals surface area contributed by atoms with Gasteiger partial charge in [-0.15, -0.1) is 13.2 Å². The van der Waals surface area contributed by atoms with Crippen molar-refractivity contribution in [2.24, 2.45) is 5.73 Å². The maximum Gasteiger partial charge on any atom is 0.574 e. The molecule has 1 rings (SSSR count). The van der Waals surface area contributed by atoms with Crippen LogP contribution >= 0.6 is 0 Å². The number of anilines is 1. The Bertz CT molecular complexity index is 365. The van der Waals surface area contributed by atoms with Crippen molar-refractivity contribution in [3.63, 3.8) is 0 Å². The number of nitrogens with two attached hydrogens (primary N) is 2. The molecular formula is C8H10F3N3O. The monoisotopic (exact) mass is 221 g/mol. The van der Waals surface area contributed by atoms with Crippen molar-refractivity contribution in [3.8, 4) is 5.88 Å². The number of pyridine rings is 1. The van der Waals surface area contributed by atoms with E-state index in [2.05, 4.69) is 9.72 Å². The molecule has 0 fully saturated rings. The molecule has 0 bridgehead atoms. The van der Waals surface area contributed by atoms with Crippen molar-refractivity contribution >= 4 is 5.69 Å². The first-order valence-corrected chi connectivity index (χ1v) is 4.05. The van der Waals surface area contributed by atoms with Crippen LogP contribution in [0, 0.1) is 6.92 Å². The predicted molar refractivity (Wildman–Crippen MR) is 48.0 cm³/mol. The number of nitrogens with zero attached hydrogens (tertiary/aromatic N) is 1. The van der Waals surface area contributed by atoms with E-state index in [1.165, 1.54) is 6.92 Å². The first-order chi connectivity index (χ1) is 6.85. The van der Waals surface area contributed by atoms with Gasteiger partial charge in [0, 0.05) is 12.1 Å². The summed E-state index contributed by atoms with van der Waals surface area (Å²) in [7, 11) is 0. The van der Waals surface area contributed by atoms with E-state index in [1.54, 1.807) is 0 Å². The molecule has 0 aromatic carbocycles. The van der Waals surface area contributed by atoms with Gasteiger partial charge in [0.25, 0.3) is 0 Å². The lowest BCUT2D eigenvalue weighted by Gasteiger charge is -2.13. The van der Waals surface area contributed by atoms with Crippen LogP contribution in [0.3, 0.4) is 0 Å². The third kappa shape index (κ3) is 2.72. The Morgan fingerprint density at radius 3 is 2.53 bits per heavy atom. The Kier molecular flexibility index (Phi) is 3.04. The van der Waals surface area contributed by atoms with Gasteiger partial charge in [0.2, 0.25) is 5.88 Å². The summed E-state index contributed by atoms with van der Waals surface area (Å²) in [6.45, 7) is 1.46. The molecule has 0 atom stereocenters. The number of rotatable bonds is 2. The lowest BCUT2D eigenvalue weighted by molar-refractivity contribution is -0.276. The summed E-state index contributed by atoms with van der Waals surface area (Å²) in [4.78, 5) is 3.45. The van der Waals surface area contributed by atoms with E-state index in [9.17, 15) is 13.2 Å². The van der Waals surface area contributed by atoms with Crippen molar-refractivity contribution in [1.82, 2.24) is 4.98 Å². The summed E-state index contributed by atoms with van der Waals surface area (Å²) in [5.41, 5.74) is 11.7.